The topological polar surface area (TPSA) is 86.7 Å². The molecule has 2 amide bonds. The molecule has 6 nitrogen and oxygen atoms in total. The molecule has 9 heteroatoms. The summed E-state index contributed by atoms with van der Waals surface area (Å²) in [5, 5.41) is 11.5. The lowest BCUT2D eigenvalue weighted by atomic mass is 10.1. The molecule has 1 unspecified atom stereocenters. The molecule has 0 aromatic heterocycles. The Morgan fingerprint density at radius 2 is 1.75 bits per heavy atom. The van der Waals surface area contributed by atoms with Gasteiger partial charge >= 0.3 is 12.1 Å². The second-order valence-electron chi connectivity index (χ2n) is 5.07. The van der Waals surface area contributed by atoms with Gasteiger partial charge in [0.15, 0.2) is 0 Å². The number of carbonyl (C=O) groups excluding carboxylic acids is 2. The number of carboxylic acid groups (broad SMARTS) is 1. The van der Waals surface area contributed by atoms with Gasteiger partial charge < -0.3 is 15.3 Å². The summed E-state index contributed by atoms with van der Waals surface area (Å²) in [7, 11) is 0. The Kier molecular flexibility index (Phi) is 6.33. The van der Waals surface area contributed by atoms with Gasteiger partial charge in [0.25, 0.3) is 5.91 Å². The Hall–Kier alpha value is -2.58. The van der Waals surface area contributed by atoms with Crippen molar-refractivity contribution in [1.29, 1.82) is 0 Å². The lowest BCUT2D eigenvalue weighted by molar-refractivity contribution is -0.141. The van der Waals surface area contributed by atoms with Crippen LogP contribution < -0.4 is 5.32 Å². The lowest BCUT2D eigenvalue weighted by Gasteiger charge is -2.26. The number of carbonyl (C=O) groups is 3. The number of alkyl halides is 3. The molecule has 0 bridgehead atoms. The van der Waals surface area contributed by atoms with Crippen molar-refractivity contribution < 1.29 is 32.7 Å². The monoisotopic (exact) mass is 346 g/mol. The normalized spacial score (nSPS) is 12.4. The van der Waals surface area contributed by atoms with Gasteiger partial charge in [-0.2, -0.15) is 13.2 Å². The number of hydrogen-bond acceptors (Lipinski definition) is 3. The fraction of sp³-hybridized carbons (Fsp3) is 0.400. The number of hydrogen-bond donors (Lipinski definition) is 2. The number of aliphatic carboxylic acids is 1. The summed E-state index contributed by atoms with van der Waals surface area (Å²) in [6.45, 7) is 2.48. The van der Waals surface area contributed by atoms with Crippen LogP contribution in [0.3, 0.4) is 0 Å². The van der Waals surface area contributed by atoms with E-state index in [1.165, 1.54) is 13.8 Å². The van der Waals surface area contributed by atoms with Crippen molar-refractivity contribution in [3.63, 3.8) is 0 Å². The maximum Gasteiger partial charge on any atom is 0.416 e. The Bertz CT molecular complexity index is 614. The first-order valence-electron chi connectivity index (χ1n) is 6.99. The molecule has 1 rings (SSSR count). The number of nitrogens with zero attached hydrogens (tertiary/aromatic N) is 1. The van der Waals surface area contributed by atoms with Crippen molar-refractivity contribution in [1.82, 2.24) is 10.2 Å². The van der Waals surface area contributed by atoms with Crippen molar-refractivity contribution >= 4 is 17.8 Å². The van der Waals surface area contributed by atoms with Gasteiger partial charge in [-0.3, -0.25) is 9.59 Å². The van der Waals surface area contributed by atoms with Crippen LogP contribution >= 0.6 is 0 Å². The average molecular weight is 346 g/mol. The number of nitrogens with one attached hydrogen (secondary N) is 1. The largest absolute Gasteiger partial charge is 0.480 e. The fourth-order valence-corrected chi connectivity index (χ4v) is 1.92. The van der Waals surface area contributed by atoms with E-state index in [4.69, 9.17) is 5.11 Å². The highest BCUT2D eigenvalue weighted by molar-refractivity contribution is 5.96. The minimum Gasteiger partial charge on any atom is -0.480 e. The molecule has 24 heavy (non-hydrogen) atoms. The van der Waals surface area contributed by atoms with E-state index in [-0.39, 0.29) is 24.6 Å². The van der Waals surface area contributed by atoms with Crippen LogP contribution in [0.25, 0.3) is 0 Å². The van der Waals surface area contributed by atoms with Crippen LogP contribution in [0.1, 0.15) is 29.8 Å². The summed E-state index contributed by atoms with van der Waals surface area (Å²) in [5.41, 5.74) is -0.978. The predicted octanol–water partition coefficient (Wildman–Crippen LogP) is 1.76. The molecule has 0 saturated carbocycles. The fourth-order valence-electron chi connectivity index (χ4n) is 1.92. The van der Waals surface area contributed by atoms with E-state index in [2.05, 4.69) is 5.32 Å². The summed E-state index contributed by atoms with van der Waals surface area (Å²) in [5.74, 6) is -2.35. The van der Waals surface area contributed by atoms with E-state index in [0.717, 1.165) is 29.2 Å². The van der Waals surface area contributed by atoms with Crippen LogP contribution in [-0.4, -0.2) is 46.9 Å². The van der Waals surface area contributed by atoms with Gasteiger partial charge in [-0.15, -0.1) is 0 Å². The van der Waals surface area contributed by atoms with Gasteiger partial charge in [-0.1, -0.05) is 0 Å². The van der Waals surface area contributed by atoms with Gasteiger partial charge in [0.1, 0.15) is 6.04 Å². The number of halogens is 3. The van der Waals surface area contributed by atoms with Crippen LogP contribution in [0, 0.1) is 0 Å². The average Bonchev–Trinajstić information content (AvgIpc) is 2.49. The molecule has 2 N–H and O–H groups in total. The van der Waals surface area contributed by atoms with Crippen molar-refractivity contribution in [3.8, 4) is 0 Å². The second-order valence-corrected chi connectivity index (χ2v) is 5.07. The van der Waals surface area contributed by atoms with Crippen LogP contribution in [0.15, 0.2) is 24.3 Å². The van der Waals surface area contributed by atoms with Gasteiger partial charge in [0, 0.05) is 25.6 Å². The van der Waals surface area contributed by atoms with Gasteiger partial charge in [0.2, 0.25) is 5.91 Å². The first-order chi connectivity index (χ1) is 11.0. The third-order valence-corrected chi connectivity index (χ3v) is 3.27. The Labute approximate surface area is 136 Å². The van der Waals surface area contributed by atoms with E-state index in [0.29, 0.717) is 0 Å². The Morgan fingerprint density at radius 3 is 2.17 bits per heavy atom. The lowest BCUT2D eigenvalue weighted by Crippen LogP contribution is -2.46. The first kappa shape index (κ1) is 19.5. The molecule has 0 heterocycles. The van der Waals surface area contributed by atoms with E-state index >= 15 is 0 Å². The standard InChI is InChI=1S/C15H17F3N2O4/c1-9(14(23)24)20(8-7-19-10(2)21)13(22)11-3-5-12(6-4-11)15(16,17)18/h3-6,9H,7-8H2,1-2H3,(H,19,21)(H,23,24). The molecule has 0 aliphatic rings. The zero-order valence-electron chi connectivity index (χ0n) is 13.1. The molecule has 0 spiro atoms. The van der Waals surface area contributed by atoms with E-state index in [1.807, 2.05) is 0 Å². The zero-order chi connectivity index (χ0) is 18.5. The second kappa shape index (κ2) is 7.80. The molecule has 1 aromatic carbocycles. The molecule has 0 saturated heterocycles. The smallest absolute Gasteiger partial charge is 0.416 e. The van der Waals surface area contributed by atoms with E-state index < -0.39 is 29.7 Å². The summed E-state index contributed by atoms with van der Waals surface area (Å²) in [6.07, 6.45) is -4.53. The highest BCUT2D eigenvalue weighted by atomic mass is 19.4. The maximum atomic E-state index is 12.5. The number of amides is 2. The summed E-state index contributed by atoms with van der Waals surface area (Å²) in [4.78, 5) is 35.4. The van der Waals surface area contributed by atoms with Crippen LogP contribution in [0.4, 0.5) is 13.2 Å². The van der Waals surface area contributed by atoms with Crippen LogP contribution in [-0.2, 0) is 15.8 Å². The third kappa shape index (κ3) is 5.25. The van der Waals surface area contributed by atoms with E-state index in [9.17, 15) is 27.6 Å². The summed E-state index contributed by atoms with van der Waals surface area (Å²) < 4.78 is 37.6. The van der Waals surface area contributed by atoms with E-state index in [1.54, 1.807) is 0 Å². The molecule has 132 valence electrons. The van der Waals surface area contributed by atoms with Gasteiger partial charge in [0.05, 0.1) is 5.56 Å². The van der Waals surface area contributed by atoms with Crippen molar-refractivity contribution in [2.45, 2.75) is 26.1 Å². The number of benzene rings is 1. The molecule has 0 aliphatic carbocycles. The van der Waals surface area contributed by atoms with Crippen molar-refractivity contribution in [3.05, 3.63) is 35.4 Å². The van der Waals surface area contributed by atoms with Crippen molar-refractivity contribution in [2.24, 2.45) is 0 Å². The molecule has 0 fully saturated rings. The van der Waals surface area contributed by atoms with Crippen molar-refractivity contribution in [2.75, 3.05) is 13.1 Å². The molecular formula is C15H17F3N2O4. The minimum absolute atomic E-state index is 0.0271. The number of rotatable bonds is 6. The summed E-state index contributed by atoms with van der Waals surface area (Å²) >= 11 is 0. The van der Waals surface area contributed by atoms with Crippen LogP contribution in [0.2, 0.25) is 0 Å². The molecular weight excluding hydrogens is 329 g/mol. The van der Waals surface area contributed by atoms with Gasteiger partial charge in [-0.05, 0) is 31.2 Å². The first-order valence-corrected chi connectivity index (χ1v) is 6.99. The highest BCUT2D eigenvalue weighted by Gasteiger charge is 2.31. The van der Waals surface area contributed by atoms with Gasteiger partial charge in [-0.25, -0.2) is 4.79 Å². The zero-order valence-corrected chi connectivity index (χ0v) is 13.1. The van der Waals surface area contributed by atoms with Crippen LogP contribution in [0.5, 0.6) is 0 Å². The quantitative estimate of drug-likeness (QED) is 0.822. The maximum absolute atomic E-state index is 12.5. The summed E-state index contributed by atoms with van der Waals surface area (Å²) in [6, 6.07) is 2.29. The Morgan fingerprint density at radius 1 is 1.21 bits per heavy atom. The molecule has 0 aliphatic heterocycles. The molecule has 1 atom stereocenters. The predicted molar refractivity (Wildman–Crippen MR) is 78.3 cm³/mol. The highest BCUT2D eigenvalue weighted by Crippen LogP contribution is 2.29. The number of carboxylic acids is 1. The molecule has 1 aromatic rings. The minimum atomic E-state index is -4.53. The Balaban J connectivity index is 2.97. The molecule has 0 radical (unpaired) electrons. The third-order valence-electron chi connectivity index (χ3n) is 3.27. The SMILES string of the molecule is CC(=O)NCCN(C(=O)c1ccc(C(F)(F)F)cc1)C(C)C(=O)O.